The Bertz CT molecular complexity index is 908. The highest BCUT2D eigenvalue weighted by Gasteiger charge is 2.15. The van der Waals surface area contributed by atoms with Gasteiger partial charge in [-0.3, -0.25) is 4.40 Å². The van der Waals surface area contributed by atoms with Gasteiger partial charge in [-0.15, -0.1) is 10.2 Å². The van der Waals surface area contributed by atoms with Gasteiger partial charge in [0.05, 0.1) is 11.4 Å². The van der Waals surface area contributed by atoms with E-state index in [-0.39, 0.29) is 11.7 Å². The Balaban J connectivity index is 1.95. The monoisotopic (exact) mass is 353 g/mol. The van der Waals surface area contributed by atoms with Gasteiger partial charge in [0, 0.05) is 25.0 Å². The van der Waals surface area contributed by atoms with Crippen molar-refractivity contribution in [2.24, 2.45) is 10.2 Å². The van der Waals surface area contributed by atoms with Crippen LogP contribution in [-0.4, -0.2) is 22.5 Å². The van der Waals surface area contributed by atoms with Gasteiger partial charge in [0.1, 0.15) is 11.5 Å². The van der Waals surface area contributed by atoms with Crippen LogP contribution in [0.3, 0.4) is 0 Å². The molecule has 0 bridgehead atoms. The topological polar surface area (TPSA) is 45.3 Å². The van der Waals surface area contributed by atoms with E-state index in [1.54, 1.807) is 10.5 Å². The fraction of sp³-hybridized carbons (Fsp3) is 0.350. The second kappa shape index (κ2) is 7.64. The van der Waals surface area contributed by atoms with E-state index >= 15 is 0 Å². The molecule has 0 unspecified atom stereocenters. The fourth-order valence-corrected chi connectivity index (χ4v) is 2.94. The number of anilines is 1. The van der Waals surface area contributed by atoms with Gasteiger partial charge in [-0.1, -0.05) is 13.8 Å². The molecule has 0 aliphatic carbocycles. The predicted octanol–water partition coefficient (Wildman–Crippen LogP) is 5.86. The second-order valence-electron chi connectivity index (χ2n) is 6.44. The third kappa shape index (κ3) is 3.59. The van der Waals surface area contributed by atoms with Crippen molar-refractivity contribution in [1.82, 2.24) is 9.38 Å². The minimum atomic E-state index is -0.328. The maximum Gasteiger partial charge on any atom is 0.183 e. The standard InChI is InChI=1S/C20H24FN5/c1-5-25(6-2)17-10-8-16(9-11-17)23-24-20-19(14(3)4)22-18-12-7-15(21)13-26(18)20/h7-14H,5-6H2,1-4H3. The number of azo groups is 1. The molecule has 6 heteroatoms. The molecule has 0 aliphatic heterocycles. The zero-order valence-electron chi connectivity index (χ0n) is 15.6. The van der Waals surface area contributed by atoms with Crippen LogP contribution in [0.1, 0.15) is 39.3 Å². The summed E-state index contributed by atoms with van der Waals surface area (Å²) in [6.07, 6.45) is 1.39. The second-order valence-corrected chi connectivity index (χ2v) is 6.44. The number of pyridine rings is 1. The summed E-state index contributed by atoms with van der Waals surface area (Å²) in [6.45, 7) is 10.3. The molecule has 3 rings (SSSR count). The summed E-state index contributed by atoms with van der Waals surface area (Å²) in [4.78, 5) is 6.83. The number of fused-ring (bicyclic) bond motifs is 1. The molecule has 2 aromatic heterocycles. The average Bonchev–Trinajstić information content (AvgIpc) is 3.00. The van der Waals surface area contributed by atoms with Crippen LogP contribution in [0.4, 0.5) is 21.6 Å². The molecule has 0 N–H and O–H groups in total. The highest BCUT2D eigenvalue weighted by Crippen LogP contribution is 2.30. The Labute approximate surface area is 153 Å². The lowest BCUT2D eigenvalue weighted by atomic mass is 10.1. The molecule has 1 aromatic carbocycles. The van der Waals surface area contributed by atoms with E-state index in [1.807, 2.05) is 38.1 Å². The van der Waals surface area contributed by atoms with Crippen molar-refractivity contribution in [1.29, 1.82) is 0 Å². The molecule has 0 aliphatic rings. The molecule has 0 radical (unpaired) electrons. The molecule has 0 fully saturated rings. The van der Waals surface area contributed by atoms with Crippen molar-refractivity contribution < 1.29 is 4.39 Å². The zero-order valence-corrected chi connectivity index (χ0v) is 15.6. The van der Waals surface area contributed by atoms with Gasteiger partial charge in [-0.25, -0.2) is 9.37 Å². The molecule has 136 valence electrons. The van der Waals surface area contributed by atoms with Gasteiger partial charge in [0.2, 0.25) is 0 Å². The molecule has 0 atom stereocenters. The molecular formula is C20H24FN5. The number of benzene rings is 1. The van der Waals surface area contributed by atoms with Crippen LogP contribution in [0.15, 0.2) is 52.8 Å². The van der Waals surface area contributed by atoms with Gasteiger partial charge in [0.15, 0.2) is 5.82 Å². The number of hydrogen-bond acceptors (Lipinski definition) is 4. The Hall–Kier alpha value is -2.76. The lowest BCUT2D eigenvalue weighted by Crippen LogP contribution is -2.21. The summed E-state index contributed by atoms with van der Waals surface area (Å²) in [7, 11) is 0. The molecule has 26 heavy (non-hydrogen) atoms. The van der Waals surface area contributed by atoms with Crippen molar-refractivity contribution in [2.75, 3.05) is 18.0 Å². The fourth-order valence-electron chi connectivity index (χ4n) is 2.94. The van der Waals surface area contributed by atoms with Crippen molar-refractivity contribution in [3.05, 3.63) is 54.1 Å². The van der Waals surface area contributed by atoms with Crippen molar-refractivity contribution in [2.45, 2.75) is 33.6 Å². The van der Waals surface area contributed by atoms with Crippen LogP contribution in [0.2, 0.25) is 0 Å². The van der Waals surface area contributed by atoms with Gasteiger partial charge in [-0.2, -0.15) is 0 Å². The summed E-state index contributed by atoms with van der Waals surface area (Å²) in [5, 5.41) is 8.73. The average molecular weight is 353 g/mol. The minimum Gasteiger partial charge on any atom is -0.372 e. The van der Waals surface area contributed by atoms with Crippen LogP contribution in [0, 0.1) is 5.82 Å². The first-order chi connectivity index (χ1) is 12.5. The molecule has 0 saturated carbocycles. The van der Waals surface area contributed by atoms with Crippen LogP contribution in [0.5, 0.6) is 0 Å². The summed E-state index contributed by atoms with van der Waals surface area (Å²) >= 11 is 0. The van der Waals surface area contributed by atoms with Crippen LogP contribution < -0.4 is 4.90 Å². The number of imidazole rings is 1. The lowest BCUT2D eigenvalue weighted by molar-refractivity contribution is 0.619. The molecule has 2 heterocycles. The van der Waals surface area contributed by atoms with E-state index in [0.29, 0.717) is 11.5 Å². The number of nitrogens with zero attached hydrogens (tertiary/aromatic N) is 5. The number of halogens is 1. The molecule has 5 nitrogen and oxygen atoms in total. The third-order valence-electron chi connectivity index (χ3n) is 4.37. The molecule has 0 saturated heterocycles. The van der Waals surface area contributed by atoms with Crippen LogP contribution >= 0.6 is 0 Å². The Morgan fingerprint density at radius 1 is 1.04 bits per heavy atom. The highest BCUT2D eigenvalue weighted by molar-refractivity contribution is 5.55. The summed E-state index contributed by atoms with van der Waals surface area (Å²) in [6, 6.07) is 11.0. The first-order valence-corrected chi connectivity index (χ1v) is 8.97. The van der Waals surface area contributed by atoms with Gasteiger partial charge >= 0.3 is 0 Å². The molecule has 0 amide bonds. The van der Waals surface area contributed by atoms with E-state index in [2.05, 4.69) is 34.0 Å². The molecule has 3 aromatic rings. The quantitative estimate of drug-likeness (QED) is 0.521. The minimum absolute atomic E-state index is 0.164. The zero-order chi connectivity index (χ0) is 18.7. The van der Waals surface area contributed by atoms with E-state index in [4.69, 9.17) is 0 Å². The number of hydrogen-bond donors (Lipinski definition) is 0. The van der Waals surface area contributed by atoms with E-state index in [9.17, 15) is 4.39 Å². The van der Waals surface area contributed by atoms with Crippen LogP contribution in [-0.2, 0) is 0 Å². The predicted molar refractivity (Wildman–Crippen MR) is 103 cm³/mol. The first-order valence-electron chi connectivity index (χ1n) is 8.97. The first kappa shape index (κ1) is 18.0. The summed E-state index contributed by atoms with van der Waals surface area (Å²) in [5.74, 6) is 0.407. The Morgan fingerprint density at radius 2 is 1.73 bits per heavy atom. The smallest absolute Gasteiger partial charge is 0.183 e. The van der Waals surface area contributed by atoms with Crippen molar-refractivity contribution in [3.8, 4) is 0 Å². The normalized spacial score (nSPS) is 11.8. The van der Waals surface area contributed by atoms with Crippen molar-refractivity contribution in [3.63, 3.8) is 0 Å². The Kier molecular flexibility index (Phi) is 5.30. The Morgan fingerprint density at radius 3 is 2.35 bits per heavy atom. The van der Waals surface area contributed by atoms with E-state index < -0.39 is 0 Å². The summed E-state index contributed by atoms with van der Waals surface area (Å²) in [5.41, 5.74) is 3.38. The summed E-state index contributed by atoms with van der Waals surface area (Å²) < 4.78 is 15.3. The number of aromatic nitrogens is 2. The van der Waals surface area contributed by atoms with E-state index in [0.717, 1.165) is 30.2 Å². The van der Waals surface area contributed by atoms with Gasteiger partial charge in [-0.05, 0) is 56.2 Å². The number of rotatable bonds is 6. The van der Waals surface area contributed by atoms with Gasteiger partial charge < -0.3 is 4.90 Å². The SMILES string of the molecule is CCN(CC)c1ccc(N=Nc2c(C(C)C)nc3ccc(F)cn23)cc1. The third-order valence-corrected chi connectivity index (χ3v) is 4.37. The molecule has 0 spiro atoms. The molecular weight excluding hydrogens is 329 g/mol. The van der Waals surface area contributed by atoms with E-state index in [1.165, 1.54) is 12.3 Å². The highest BCUT2D eigenvalue weighted by atomic mass is 19.1. The maximum atomic E-state index is 13.7. The largest absolute Gasteiger partial charge is 0.372 e. The van der Waals surface area contributed by atoms with Gasteiger partial charge in [0.25, 0.3) is 0 Å². The lowest BCUT2D eigenvalue weighted by Gasteiger charge is -2.20. The maximum absolute atomic E-state index is 13.7. The van der Waals surface area contributed by atoms with Crippen molar-refractivity contribution >= 4 is 22.8 Å². The van der Waals surface area contributed by atoms with Crippen LogP contribution in [0.25, 0.3) is 5.65 Å².